The molecule has 8 heteroatoms. The second-order valence-electron chi connectivity index (χ2n) is 4.94. The maximum atomic E-state index is 12.3. The van der Waals surface area contributed by atoms with Crippen LogP contribution in [-0.4, -0.2) is 38.7 Å². The fraction of sp³-hybridized carbons (Fsp3) is 0.462. The molecule has 1 saturated carbocycles. The number of hydrogen-bond donors (Lipinski definition) is 2. The molecular weight excluding hydrogens is 318 g/mol. The standard InChI is InChI=1S/C13H16ClNO5S/c1-20-9-3-2-8(6-9)15-21(18,19)10-4-5-12(14)11(7-10)13(16)17/h4-5,7-9,15H,2-3,6H2,1H3,(H,16,17). The lowest BCUT2D eigenvalue weighted by molar-refractivity contribution is 0.0697. The third kappa shape index (κ3) is 3.74. The number of hydrogen-bond acceptors (Lipinski definition) is 4. The molecule has 0 radical (unpaired) electrons. The Morgan fingerprint density at radius 3 is 2.71 bits per heavy atom. The maximum absolute atomic E-state index is 12.3. The van der Waals surface area contributed by atoms with Crippen LogP contribution in [0, 0.1) is 0 Å². The van der Waals surface area contributed by atoms with Crippen molar-refractivity contribution in [3.05, 3.63) is 28.8 Å². The van der Waals surface area contributed by atoms with Crippen LogP contribution >= 0.6 is 11.6 Å². The van der Waals surface area contributed by atoms with E-state index in [1.165, 1.54) is 12.1 Å². The summed E-state index contributed by atoms with van der Waals surface area (Å²) in [6, 6.07) is 3.42. The van der Waals surface area contributed by atoms with Gasteiger partial charge in [-0.3, -0.25) is 0 Å². The van der Waals surface area contributed by atoms with Gasteiger partial charge in [-0.25, -0.2) is 17.9 Å². The Kier molecular flexibility index (Phi) is 4.88. The van der Waals surface area contributed by atoms with E-state index in [4.69, 9.17) is 21.4 Å². The fourth-order valence-corrected chi connectivity index (χ4v) is 3.89. The average molecular weight is 334 g/mol. The lowest BCUT2D eigenvalue weighted by Crippen LogP contribution is -2.33. The van der Waals surface area contributed by atoms with E-state index in [1.54, 1.807) is 7.11 Å². The summed E-state index contributed by atoms with van der Waals surface area (Å²) in [5, 5.41) is 8.99. The van der Waals surface area contributed by atoms with Gasteiger partial charge in [-0.2, -0.15) is 0 Å². The van der Waals surface area contributed by atoms with Gasteiger partial charge in [0.2, 0.25) is 10.0 Å². The molecule has 2 rings (SSSR count). The number of rotatable bonds is 5. The van der Waals surface area contributed by atoms with Gasteiger partial charge in [0.15, 0.2) is 0 Å². The van der Waals surface area contributed by atoms with Gasteiger partial charge in [-0.1, -0.05) is 11.6 Å². The van der Waals surface area contributed by atoms with Crippen molar-refractivity contribution in [3.8, 4) is 0 Å². The average Bonchev–Trinajstić information content (AvgIpc) is 2.85. The number of benzene rings is 1. The highest BCUT2D eigenvalue weighted by Crippen LogP contribution is 2.25. The zero-order valence-corrected chi connectivity index (χ0v) is 12.9. The van der Waals surface area contributed by atoms with E-state index in [1.807, 2.05) is 0 Å². The summed E-state index contributed by atoms with van der Waals surface area (Å²) in [6.07, 6.45) is 2.15. The Bertz CT molecular complexity index is 646. The molecule has 0 spiro atoms. The van der Waals surface area contributed by atoms with Gasteiger partial charge in [-0.05, 0) is 37.5 Å². The van der Waals surface area contributed by atoms with Crippen LogP contribution in [0.15, 0.2) is 23.1 Å². The first kappa shape index (κ1) is 16.2. The summed E-state index contributed by atoms with van der Waals surface area (Å²) < 4.78 is 32.3. The molecule has 0 aliphatic heterocycles. The number of sulfonamides is 1. The highest BCUT2D eigenvalue weighted by Gasteiger charge is 2.29. The van der Waals surface area contributed by atoms with Gasteiger partial charge in [0.1, 0.15) is 0 Å². The molecule has 2 atom stereocenters. The van der Waals surface area contributed by atoms with Crippen molar-refractivity contribution in [2.45, 2.75) is 36.3 Å². The first-order valence-electron chi connectivity index (χ1n) is 6.41. The molecule has 0 saturated heterocycles. The Labute approximate surface area is 128 Å². The Morgan fingerprint density at radius 2 is 2.14 bits per heavy atom. The second kappa shape index (κ2) is 6.31. The van der Waals surface area contributed by atoms with Crippen LogP contribution in [0.3, 0.4) is 0 Å². The van der Waals surface area contributed by atoms with E-state index in [0.717, 1.165) is 12.5 Å². The molecule has 6 nitrogen and oxygen atoms in total. The molecule has 116 valence electrons. The quantitative estimate of drug-likeness (QED) is 0.858. The molecular formula is C13H16ClNO5S. The normalized spacial score (nSPS) is 22.4. The maximum Gasteiger partial charge on any atom is 0.337 e. The van der Waals surface area contributed by atoms with Crippen LogP contribution in [0.2, 0.25) is 5.02 Å². The second-order valence-corrected chi connectivity index (χ2v) is 7.06. The lowest BCUT2D eigenvalue weighted by Gasteiger charge is -2.14. The molecule has 0 amide bonds. The third-order valence-corrected chi connectivity index (χ3v) is 5.37. The Hall–Kier alpha value is -1.15. The number of ether oxygens (including phenoxy) is 1. The van der Waals surface area contributed by atoms with Gasteiger partial charge < -0.3 is 9.84 Å². The molecule has 2 unspecified atom stereocenters. The SMILES string of the molecule is COC1CCC(NS(=O)(=O)c2ccc(Cl)c(C(=O)O)c2)C1. The number of carboxylic acids is 1. The highest BCUT2D eigenvalue weighted by atomic mass is 35.5. The smallest absolute Gasteiger partial charge is 0.337 e. The number of aromatic carboxylic acids is 1. The number of nitrogens with one attached hydrogen (secondary N) is 1. The van der Waals surface area contributed by atoms with Crippen LogP contribution < -0.4 is 4.72 Å². The van der Waals surface area contributed by atoms with Gasteiger partial charge in [-0.15, -0.1) is 0 Å². The van der Waals surface area contributed by atoms with E-state index >= 15 is 0 Å². The van der Waals surface area contributed by atoms with Crippen LogP contribution in [-0.2, 0) is 14.8 Å². The van der Waals surface area contributed by atoms with Crippen molar-refractivity contribution in [1.29, 1.82) is 0 Å². The van der Waals surface area contributed by atoms with Gasteiger partial charge in [0.25, 0.3) is 0 Å². The molecule has 1 aromatic rings. The van der Waals surface area contributed by atoms with Crippen LogP contribution in [0.5, 0.6) is 0 Å². The third-order valence-electron chi connectivity index (χ3n) is 3.52. The van der Waals surface area contributed by atoms with E-state index in [-0.39, 0.29) is 27.6 Å². The Morgan fingerprint density at radius 1 is 1.43 bits per heavy atom. The number of carbonyl (C=O) groups is 1. The number of methoxy groups -OCH3 is 1. The topological polar surface area (TPSA) is 92.7 Å². The van der Waals surface area contributed by atoms with E-state index < -0.39 is 16.0 Å². The highest BCUT2D eigenvalue weighted by molar-refractivity contribution is 7.89. The molecule has 0 bridgehead atoms. The van der Waals surface area contributed by atoms with Crippen molar-refractivity contribution >= 4 is 27.6 Å². The zero-order chi connectivity index (χ0) is 15.6. The summed E-state index contributed by atoms with van der Waals surface area (Å²) in [4.78, 5) is 10.9. The molecule has 0 heterocycles. The first-order chi connectivity index (χ1) is 9.83. The molecule has 21 heavy (non-hydrogen) atoms. The van der Waals surface area contributed by atoms with Crippen molar-refractivity contribution in [2.75, 3.05) is 7.11 Å². The monoisotopic (exact) mass is 333 g/mol. The van der Waals surface area contributed by atoms with Crippen molar-refractivity contribution in [1.82, 2.24) is 4.72 Å². The van der Waals surface area contributed by atoms with Gasteiger partial charge in [0, 0.05) is 13.2 Å². The molecule has 1 aliphatic carbocycles. The number of carboxylic acid groups (broad SMARTS) is 1. The molecule has 0 aromatic heterocycles. The van der Waals surface area contributed by atoms with Crippen molar-refractivity contribution < 1.29 is 23.1 Å². The van der Waals surface area contributed by atoms with Crippen LogP contribution in [0.4, 0.5) is 0 Å². The van der Waals surface area contributed by atoms with Crippen LogP contribution in [0.1, 0.15) is 29.6 Å². The Balaban J connectivity index is 2.20. The van der Waals surface area contributed by atoms with E-state index in [0.29, 0.717) is 12.8 Å². The largest absolute Gasteiger partial charge is 0.478 e. The summed E-state index contributed by atoms with van der Waals surface area (Å²) in [7, 11) is -2.18. The fourth-order valence-electron chi connectivity index (χ4n) is 2.38. The summed E-state index contributed by atoms with van der Waals surface area (Å²) >= 11 is 5.74. The summed E-state index contributed by atoms with van der Waals surface area (Å²) in [5.74, 6) is -1.27. The predicted molar refractivity (Wildman–Crippen MR) is 77.2 cm³/mol. The minimum absolute atomic E-state index is 0.00163. The summed E-state index contributed by atoms with van der Waals surface area (Å²) in [6.45, 7) is 0. The molecule has 1 aliphatic rings. The van der Waals surface area contributed by atoms with E-state index in [2.05, 4.69) is 4.72 Å². The molecule has 2 N–H and O–H groups in total. The predicted octanol–water partition coefficient (Wildman–Crippen LogP) is 1.88. The zero-order valence-electron chi connectivity index (χ0n) is 11.4. The number of halogens is 1. The minimum atomic E-state index is -3.78. The van der Waals surface area contributed by atoms with Gasteiger partial charge in [0.05, 0.1) is 21.6 Å². The lowest BCUT2D eigenvalue weighted by atomic mass is 10.2. The van der Waals surface area contributed by atoms with Crippen molar-refractivity contribution in [3.63, 3.8) is 0 Å². The molecule has 1 fully saturated rings. The summed E-state index contributed by atoms with van der Waals surface area (Å²) in [5.41, 5.74) is -0.235. The minimum Gasteiger partial charge on any atom is -0.478 e. The molecule has 1 aromatic carbocycles. The van der Waals surface area contributed by atoms with Crippen LogP contribution in [0.25, 0.3) is 0 Å². The van der Waals surface area contributed by atoms with Crippen molar-refractivity contribution in [2.24, 2.45) is 0 Å². The first-order valence-corrected chi connectivity index (χ1v) is 8.27. The van der Waals surface area contributed by atoms with Gasteiger partial charge >= 0.3 is 5.97 Å². The van der Waals surface area contributed by atoms with E-state index in [9.17, 15) is 13.2 Å².